The molecule has 3 aromatic heterocycles. The number of hydrogen-bond acceptors (Lipinski definition) is 9. The summed E-state index contributed by atoms with van der Waals surface area (Å²) in [6, 6.07) is 6.87. The zero-order valence-electron chi connectivity index (χ0n) is 24.9. The topological polar surface area (TPSA) is 141 Å². The summed E-state index contributed by atoms with van der Waals surface area (Å²) < 4.78 is 46.2. The number of aromatic amines is 1. The number of piperidine rings is 1. The first-order valence-electron chi connectivity index (χ1n) is 14.7. The maximum Gasteiger partial charge on any atom is 0.416 e. The molecule has 1 aromatic carbocycles. The van der Waals surface area contributed by atoms with Gasteiger partial charge in [-0.25, -0.2) is 24.7 Å². The Balaban J connectivity index is 1.34. The van der Waals surface area contributed by atoms with E-state index in [-0.39, 0.29) is 18.3 Å². The molecule has 11 nitrogen and oxygen atoms in total. The number of imidazole rings is 1. The average molecular weight is 626 g/mol. The Morgan fingerprint density at radius 2 is 1.84 bits per heavy atom. The van der Waals surface area contributed by atoms with Crippen molar-refractivity contribution in [2.24, 2.45) is 5.41 Å². The molecule has 45 heavy (non-hydrogen) atoms. The molecule has 0 unspecified atom stereocenters. The summed E-state index contributed by atoms with van der Waals surface area (Å²) in [5.74, 6) is -0.303. The first-order chi connectivity index (χ1) is 21.4. The highest BCUT2D eigenvalue weighted by Crippen LogP contribution is 2.43. The van der Waals surface area contributed by atoms with Gasteiger partial charge in [-0.05, 0) is 31.0 Å². The van der Waals surface area contributed by atoms with Gasteiger partial charge in [0, 0.05) is 57.6 Å². The van der Waals surface area contributed by atoms with Crippen LogP contribution in [0.15, 0.2) is 42.7 Å². The fourth-order valence-corrected chi connectivity index (χ4v) is 6.24. The van der Waals surface area contributed by atoms with Crippen LogP contribution in [-0.4, -0.2) is 87.1 Å². The summed E-state index contributed by atoms with van der Waals surface area (Å²) in [6.07, 6.45) is 1.89. The summed E-state index contributed by atoms with van der Waals surface area (Å²) in [4.78, 5) is 37.0. The van der Waals surface area contributed by atoms with Crippen molar-refractivity contribution in [2.45, 2.75) is 43.9 Å². The Kier molecular flexibility index (Phi) is 7.89. The fraction of sp³-hybridized carbons (Fsp3) is 0.452. The number of nitrogens with one attached hydrogen (secondary N) is 1. The number of carboxylic acids is 1. The predicted octanol–water partition coefficient (Wildman–Crippen LogP) is 4.77. The van der Waals surface area contributed by atoms with Crippen LogP contribution in [0.2, 0.25) is 0 Å². The molecular weight excluding hydrogens is 591 g/mol. The van der Waals surface area contributed by atoms with Gasteiger partial charge in [-0.3, -0.25) is 0 Å². The van der Waals surface area contributed by atoms with Gasteiger partial charge in [0.1, 0.15) is 17.0 Å². The minimum Gasteiger partial charge on any atom is -0.479 e. The van der Waals surface area contributed by atoms with E-state index in [1.807, 2.05) is 11.9 Å². The molecule has 238 valence electrons. The summed E-state index contributed by atoms with van der Waals surface area (Å²) >= 11 is 0. The van der Waals surface area contributed by atoms with E-state index in [2.05, 4.69) is 29.8 Å². The summed E-state index contributed by atoms with van der Waals surface area (Å²) in [5, 5.41) is 19.5. The van der Waals surface area contributed by atoms with E-state index in [0.29, 0.717) is 66.0 Å². The van der Waals surface area contributed by atoms with Crippen LogP contribution < -0.4 is 9.80 Å². The van der Waals surface area contributed by atoms with Crippen molar-refractivity contribution in [1.82, 2.24) is 24.9 Å². The third-order valence-electron chi connectivity index (χ3n) is 8.97. The lowest BCUT2D eigenvalue weighted by molar-refractivity contribution is -0.160. The molecule has 1 aliphatic carbocycles. The molecule has 0 amide bonds. The van der Waals surface area contributed by atoms with Gasteiger partial charge in [-0.2, -0.15) is 13.2 Å². The number of methoxy groups -OCH3 is 1. The summed E-state index contributed by atoms with van der Waals surface area (Å²) in [7, 11) is 3.63. The van der Waals surface area contributed by atoms with Gasteiger partial charge in [-0.1, -0.05) is 18.6 Å². The Morgan fingerprint density at radius 1 is 1.09 bits per heavy atom. The quantitative estimate of drug-likeness (QED) is 0.238. The molecule has 0 spiro atoms. The zero-order chi connectivity index (χ0) is 32.0. The smallest absolute Gasteiger partial charge is 0.416 e. The van der Waals surface area contributed by atoms with Crippen molar-refractivity contribution in [1.29, 1.82) is 0 Å². The Morgan fingerprint density at radius 3 is 2.44 bits per heavy atom. The van der Waals surface area contributed by atoms with Gasteiger partial charge >= 0.3 is 12.1 Å². The van der Waals surface area contributed by atoms with Crippen LogP contribution >= 0.6 is 0 Å². The number of fused-ring (bicyclic) bond motifs is 1. The number of carbonyl (C=O) groups is 1. The molecule has 1 saturated heterocycles. The second-order valence-corrected chi connectivity index (χ2v) is 12.1. The lowest BCUT2D eigenvalue weighted by Gasteiger charge is -2.44. The monoisotopic (exact) mass is 625 g/mol. The lowest BCUT2D eigenvalue weighted by atomic mass is 9.69. The Bertz CT molecular complexity index is 1700. The average Bonchev–Trinajstić information content (AvgIpc) is 3.44. The van der Waals surface area contributed by atoms with E-state index in [9.17, 15) is 28.2 Å². The highest BCUT2D eigenvalue weighted by Gasteiger charge is 2.40. The highest BCUT2D eigenvalue weighted by molar-refractivity contribution is 5.91. The summed E-state index contributed by atoms with van der Waals surface area (Å²) in [5.41, 5.74) is 0.259. The number of benzene rings is 1. The van der Waals surface area contributed by atoms with Crippen molar-refractivity contribution in [3.05, 3.63) is 48.3 Å². The van der Waals surface area contributed by atoms with Gasteiger partial charge < -0.3 is 29.7 Å². The Labute approximate surface area is 257 Å². The molecule has 0 radical (unpaired) electrons. The molecule has 1 saturated carbocycles. The van der Waals surface area contributed by atoms with Crippen LogP contribution in [0.4, 0.5) is 24.7 Å². The Hall–Kier alpha value is -4.30. The molecule has 2 fully saturated rings. The first kappa shape index (κ1) is 30.7. The van der Waals surface area contributed by atoms with E-state index in [4.69, 9.17) is 4.74 Å². The van der Waals surface area contributed by atoms with E-state index >= 15 is 0 Å². The number of nitrogens with zero attached hydrogens (tertiary/aromatic N) is 6. The number of alkyl halides is 3. The SMILES string of the molecule is COCC1(CN(C)c2cc(-c3cccc(C(F)(F)F)c3)nc3nc(-c4cnc(N5CCC(O)(C(=O)O)CC5)cn4)[nH]c23)CCC1. The van der Waals surface area contributed by atoms with Crippen molar-refractivity contribution in [3.8, 4) is 22.8 Å². The maximum absolute atomic E-state index is 13.5. The van der Waals surface area contributed by atoms with Crippen LogP contribution in [0.1, 0.15) is 37.7 Å². The maximum atomic E-state index is 13.5. The van der Waals surface area contributed by atoms with Crippen LogP contribution in [0.25, 0.3) is 33.9 Å². The van der Waals surface area contributed by atoms with Crippen LogP contribution in [-0.2, 0) is 15.7 Å². The lowest BCUT2D eigenvalue weighted by Crippen LogP contribution is -2.49. The molecule has 3 N–H and O–H groups in total. The number of rotatable bonds is 9. The normalized spacial score (nSPS) is 17.7. The second kappa shape index (κ2) is 11.6. The van der Waals surface area contributed by atoms with Gasteiger partial charge in [0.15, 0.2) is 17.1 Å². The molecule has 14 heteroatoms. The number of ether oxygens (including phenoxy) is 1. The van der Waals surface area contributed by atoms with E-state index in [0.717, 1.165) is 37.1 Å². The fourth-order valence-electron chi connectivity index (χ4n) is 6.24. The zero-order valence-corrected chi connectivity index (χ0v) is 24.9. The molecule has 6 rings (SSSR count). The minimum absolute atomic E-state index is 0.0196. The first-order valence-corrected chi connectivity index (χ1v) is 14.7. The van der Waals surface area contributed by atoms with E-state index < -0.39 is 23.3 Å². The van der Waals surface area contributed by atoms with E-state index in [1.54, 1.807) is 31.6 Å². The number of aliphatic carboxylic acids is 1. The van der Waals surface area contributed by atoms with Crippen molar-refractivity contribution in [3.63, 3.8) is 0 Å². The molecule has 4 aromatic rings. The molecule has 4 heterocycles. The number of hydrogen-bond donors (Lipinski definition) is 3. The van der Waals surface area contributed by atoms with Crippen LogP contribution in [0, 0.1) is 5.41 Å². The largest absolute Gasteiger partial charge is 0.479 e. The van der Waals surface area contributed by atoms with Gasteiger partial charge in [0.2, 0.25) is 0 Å². The molecule has 1 aliphatic heterocycles. The van der Waals surface area contributed by atoms with Crippen molar-refractivity contribution < 1.29 is 32.9 Å². The number of H-pyrrole nitrogens is 1. The standard InChI is InChI=1S/C31H34F3N7O4/c1-40(17-29(18-45-2)7-4-8-29)23-14-21(19-5-3-6-20(13-19)31(32,33)34)37-27-25(23)38-26(39-27)22-15-36-24(16-35-22)41-11-9-30(44,10-12-41)28(42)43/h3,5-6,13-16,44H,4,7-12,17-18H2,1-2H3,(H,42,43)(H,37,38,39). The van der Waals surface area contributed by atoms with Crippen molar-refractivity contribution in [2.75, 3.05) is 50.2 Å². The number of halogens is 3. The number of aliphatic hydroxyl groups is 1. The van der Waals surface area contributed by atoms with Crippen LogP contribution in [0.3, 0.4) is 0 Å². The van der Waals surface area contributed by atoms with Gasteiger partial charge in [-0.15, -0.1) is 0 Å². The number of pyridine rings is 1. The van der Waals surface area contributed by atoms with Gasteiger partial charge in [0.25, 0.3) is 0 Å². The van der Waals surface area contributed by atoms with Gasteiger partial charge in [0.05, 0.1) is 35.9 Å². The second-order valence-electron chi connectivity index (χ2n) is 12.1. The third-order valence-corrected chi connectivity index (χ3v) is 8.97. The molecular formula is C31H34F3N7O4. The number of carboxylic acid groups (broad SMARTS) is 1. The van der Waals surface area contributed by atoms with Crippen LogP contribution in [0.5, 0.6) is 0 Å². The highest BCUT2D eigenvalue weighted by atomic mass is 19.4. The molecule has 0 bridgehead atoms. The number of aromatic nitrogens is 5. The summed E-state index contributed by atoms with van der Waals surface area (Å²) in [6.45, 7) is 1.90. The van der Waals surface area contributed by atoms with Crippen molar-refractivity contribution >= 4 is 28.6 Å². The van der Waals surface area contributed by atoms with E-state index in [1.165, 1.54) is 6.07 Å². The minimum atomic E-state index is -4.49. The molecule has 0 atom stereocenters. The number of anilines is 2. The predicted molar refractivity (Wildman–Crippen MR) is 161 cm³/mol. The third kappa shape index (κ3) is 6.03. The molecule has 2 aliphatic rings.